The Morgan fingerprint density at radius 2 is 1.75 bits per heavy atom. The van der Waals surface area contributed by atoms with E-state index in [1.54, 1.807) is 54.6 Å². The number of Topliss-reactive ketones (excluding diaryl/α,β-unsaturated/α-hetero) is 1. The molecular weight excluding hydrogens is 402 g/mol. The molecule has 1 aliphatic heterocycles. The molecular formula is C22H13Cl2FO3. The Balaban J connectivity index is 1.55. The van der Waals surface area contributed by atoms with Crippen molar-refractivity contribution in [2.45, 2.75) is 6.61 Å². The predicted molar refractivity (Wildman–Crippen MR) is 107 cm³/mol. The molecule has 0 saturated heterocycles. The fourth-order valence-corrected chi connectivity index (χ4v) is 3.32. The Bertz CT molecular complexity index is 1090. The smallest absolute Gasteiger partial charge is 0.231 e. The average molecular weight is 415 g/mol. The van der Waals surface area contributed by atoms with E-state index in [4.69, 9.17) is 32.7 Å². The van der Waals surface area contributed by atoms with Crippen LogP contribution in [-0.2, 0) is 6.61 Å². The molecule has 0 radical (unpaired) electrons. The maximum Gasteiger partial charge on any atom is 0.231 e. The second-order valence-electron chi connectivity index (χ2n) is 6.11. The number of ether oxygens (including phenoxy) is 2. The lowest BCUT2D eigenvalue weighted by Crippen LogP contribution is -1.98. The van der Waals surface area contributed by atoms with Crippen LogP contribution in [0.3, 0.4) is 0 Å². The lowest BCUT2D eigenvalue weighted by Gasteiger charge is -2.10. The second kappa shape index (κ2) is 7.66. The highest BCUT2D eigenvalue weighted by Crippen LogP contribution is 2.35. The summed E-state index contributed by atoms with van der Waals surface area (Å²) in [5.41, 5.74) is 1.35. The first-order valence-electron chi connectivity index (χ1n) is 8.41. The SMILES string of the molecule is O=C1/C(=C/c2ccccc2F)Oc2cc(OCc3c(Cl)cccc3Cl)ccc21. The molecule has 0 atom stereocenters. The van der Waals surface area contributed by atoms with Crippen molar-refractivity contribution in [2.24, 2.45) is 0 Å². The Hall–Kier alpha value is -2.82. The predicted octanol–water partition coefficient (Wildman–Crippen LogP) is 6.33. The summed E-state index contributed by atoms with van der Waals surface area (Å²) in [6.45, 7) is 0.170. The Morgan fingerprint density at radius 3 is 2.50 bits per heavy atom. The number of hydrogen-bond acceptors (Lipinski definition) is 3. The van der Waals surface area contributed by atoms with Gasteiger partial charge in [0, 0.05) is 27.2 Å². The zero-order chi connectivity index (χ0) is 19.7. The number of hydrogen-bond donors (Lipinski definition) is 0. The zero-order valence-electron chi connectivity index (χ0n) is 14.4. The van der Waals surface area contributed by atoms with E-state index in [2.05, 4.69) is 0 Å². The first kappa shape index (κ1) is 18.5. The molecule has 28 heavy (non-hydrogen) atoms. The second-order valence-corrected chi connectivity index (χ2v) is 6.92. The van der Waals surface area contributed by atoms with Crippen LogP contribution in [0, 0.1) is 5.82 Å². The number of ketones is 1. The van der Waals surface area contributed by atoms with Crippen LogP contribution in [0.25, 0.3) is 6.08 Å². The third-order valence-corrected chi connectivity index (χ3v) is 4.99. The van der Waals surface area contributed by atoms with E-state index in [9.17, 15) is 9.18 Å². The molecule has 0 aromatic heterocycles. The van der Waals surface area contributed by atoms with Gasteiger partial charge in [0.05, 0.1) is 5.56 Å². The first-order chi connectivity index (χ1) is 13.5. The fraction of sp³-hybridized carbons (Fsp3) is 0.0455. The van der Waals surface area contributed by atoms with Crippen LogP contribution in [0.1, 0.15) is 21.5 Å². The Morgan fingerprint density at radius 1 is 1.00 bits per heavy atom. The van der Waals surface area contributed by atoms with Crippen LogP contribution in [0.15, 0.2) is 66.4 Å². The van der Waals surface area contributed by atoms with Crippen molar-refractivity contribution in [3.05, 3.63) is 99.0 Å². The minimum atomic E-state index is -0.428. The maximum absolute atomic E-state index is 13.8. The number of benzene rings is 3. The highest BCUT2D eigenvalue weighted by molar-refractivity contribution is 6.35. The van der Waals surface area contributed by atoms with Gasteiger partial charge >= 0.3 is 0 Å². The minimum Gasteiger partial charge on any atom is -0.489 e. The summed E-state index contributed by atoms with van der Waals surface area (Å²) < 4.78 is 25.2. The molecule has 1 aliphatic rings. The molecule has 0 aliphatic carbocycles. The van der Waals surface area contributed by atoms with E-state index in [0.717, 1.165) is 0 Å². The highest BCUT2D eigenvalue weighted by atomic mass is 35.5. The summed E-state index contributed by atoms with van der Waals surface area (Å²) in [4.78, 5) is 12.5. The van der Waals surface area contributed by atoms with Crippen molar-refractivity contribution in [1.29, 1.82) is 0 Å². The van der Waals surface area contributed by atoms with Crippen molar-refractivity contribution in [3.8, 4) is 11.5 Å². The summed E-state index contributed by atoms with van der Waals surface area (Å²) in [5.74, 6) is 0.179. The van der Waals surface area contributed by atoms with E-state index in [0.29, 0.717) is 32.7 Å². The maximum atomic E-state index is 13.8. The summed E-state index contributed by atoms with van der Waals surface area (Å²) >= 11 is 12.3. The Labute approximate surface area is 170 Å². The van der Waals surface area contributed by atoms with Crippen LogP contribution in [-0.4, -0.2) is 5.78 Å². The molecule has 0 spiro atoms. The third kappa shape index (κ3) is 3.61. The summed E-state index contributed by atoms with van der Waals surface area (Å²) in [7, 11) is 0. The van der Waals surface area contributed by atoms with Crippen molar-refractivity contribution in [2.75, 3.05) is 0 Å². The van der Waals surface area contributed by atoms with E-state index >= 15 is 0 Å². The molecule has 0 amide bonds. The molecule has 0 N–H and O–H groups in total. The number of rotatable bonds is 4. The molecule has 0 unspecified atom stereocenters. The number of carbonyl (C=O) groups is 1. The molecule has 0 fully saturated rings. The third-order valence-electron chi connectivity index (χ3n) is 4.28. The molecule has 3 aromatic rings. The van der Waals surface area contributed by atoms with E-state index < -0.39 is 5.82 Å². The van der Waals surface area contributed by atoms with Crippen LogP contribution in [0.4, 0.5) is 4.39 Å². The van der Waals surface area contributed by atoms with Gasteiger partial charge in [-0.1, -0.05) is 47.5 Å². The molecule has 3 aromatic carbocycles. The molecule has 140 valence electrons. The average Bonchev–Trinajstić information content (AvgIpc) is 2.98. The monoisotopic (exact) mass is 414 g/mol. The molecule has 0 saturated carbocycles. The number of allylic oxidation sites excluding steroid dienone is 1. The van der Waals surface area contributed by atoms with Gasteiger partial charge in [0.2, 0.25) is 5.78 Å². The minimum absolute atomic E-state index is 0.0615. The molecule has 4 rings (SSSR count). The molecule has 3 nitrogen and oxygen atoms in total. The number of carbonyl (C=O) groups excluding carboxylic acids is 1. The van der Waals surface area contributed by atoms with E-state index in [-0.39, 0.29) is 23.7 Å². The highest BCUT2D eigenvalue weighted by Gasteiger charge is 2.28. The van der Waals surface area contributed by atoms with Gasteiger partial charge in [0.25, 0.3) is 0 Å². The first-order valence-corrected chi connectivity index (χ1v) is 9.17. The van der Waals surface area contributed by atoms with Crippen molar-refractivity contribution in [3.63, 3.8) is 0 Å². The van der Waals surface area contributed by atoms with Gasteiger partial charge in [-0.3, -0.25) is 4.79 Å². The van der Waals surface area contributed by atoms with Gasteiger partial charge in [-0.2, -0.15) is 0 Å². The Kier molecular flexibility index (Phi) is 5.07. The van der Waals surface area contributed by atoms with Crippen molar-refractivity contribution < 1.29 is 18.7 Å². The largest absolute Gasteiger partial charge is 0.489 e. The van der Waals surface area contributed by atoms with E-state index in [1.807, 2.05) is 0 Å². The van der Waals surface area contributed by atoms with Crippen LogP contribution < -0.4 is 9.47 Å². The quantitative estimate of drug-likeness (QED) is 0.468. The number of halogens is 3. The van der Waals surface area contributed by atoms with Crippen molar-refractivity contribution in [1.82, 2.24) is 0 Å². The zero-order valence-corrected chi connectivity index (χ0v) is 15.9. The van der Waals surface area contributed by atoms with Gasteiger partial charge < -0.3 is 9.47 Å². The topological polar surface area (TPSA) is 35.5 Å². The summed E-state index contributed by atoms with van der Waals surface area (Å²) in [5, 5.41) is 1.02. The standard InChI is InChI=1S/C22H13Cl2FO3/c23-17-5-3-6-18(24)16(17)12-27-14-8-9-15-20(11-14)28-21(22(15)26)10-13-4-1-2-7-19(13)25/h1-11H,12H2/b21-10-. The van der Waals surface area contributed by atoms with Crippen LogP contribution in [0.2, 0.25) is 10.0 Å². The van der Waals surface area contributed by atoms with E-state index in [1.165, 1.54) is 12.1 Å². The lowest BCUT2D eigenvalue weighted by atomic mass is 10.1. The van der Waals surface area contributed by atoms with Crippen LogP contribution >= 0.6 is 23.2 Å². The van der Waals surface area contributed by atoms with Gasteiger partial charge in [0.15, 0.2) is 5.76 Å². The molecule has 1 heterocycles. The number of fused-ring (bicyclic) bond motifs is 1. The molecule has 6 heteroatoms. The van der Waals surface area contributed by atoms with Crippen LogP contribution in [0.5, 0.6) is 11.5 Å². The van der Waals surface area contributed by atoms with Gasteiger partial charge in [-0.25, -0.2) is 4.39 Å². The van der Waals surface area contributed by atoms with Crippen molar-refractivity contribution >= 4 is 35.1 Å². The van der Waals surface area contributed by atoms with Gasteiger partial charge in [-0.15, -0.1) is 0 Å². The lowest BCUT2D eigenvalue weighted by molar-refractivity contribution is 0.101. The molecule has 0 bridgehead atoms. The van der Waals surface area contributed by atoms with Gasteiger partial charge in [-0.05, 0) is 36.4 Å². The normalized spacial score (nSPS) is 14.1. The van der Waals surface area contributed by atoms with Gasteiger partial charge in [0.1, 0.15) is 23.9 Å². The fourth-order valence-electron chi connectivity index (χ4n) is 2.82. The summed E-state index contributed by atoms with van der Waals surface area (Å²) in [6, 6.07) is 16.3. The summed E-state index contributed by atoms with van der Waals surface area (Å²) in [6.07, 6.45) is 1.39.